The van der Waals surface area contributed by atoms with Crippen molar-refractivity contribution in [3.8, 4) is 6.07 Å². The zero-order chi connectivity index (χ0) is 10.8. The van der Waals surface area contributed by atoms with Gasteiger partial charge in [0.2, 0.25) is 0 Å². The van der Waals surface area contributed by atoms with E-state index in [-0.39, 0.29) is 0 Å². The lowest BCUT2D eigenvalue weighted by atomic mass is 9.85. The lowest BCUT2D eigenvalue weighted by Crippen LogP contribution is -2.19. The van der Waals surface area contributed by atoms with E-state index in [1.54, 1.807) is 30.9 Å². The van der Waals surface area contributed by atoms with Gasteiger partial charge >= 0.3 is 0 Å². The van der Waals surface area contributed by atoms with Crippen LogP contribution in [0.3, 0.4) is 0 Å². The Kier molecular flexibility index (Phi) is 2.92. The highest BCUT2D eigenvalue weighted by atomic mass is 16.3. The summed E-state index contributed by atoms with van der Waals surface area (Å²) in [6.45, 7) is 6.15. The normalized spacial score (nSPS) is 13.6. The molecule has 14 heavy (non-hydrogen) atoms. The lowest BCUT2D eigenvalue weighted by molar-refractivity contribution is 0.0867. The Morgan fingerprint density at radius 3 is 2.79 bits per heavy atom. The van der Waals surface area contributed by atoms with Gasteiger partial charge in [0.15, 0.2) is 0 Å². The third-order valence-electron chi connectivity index (χ3n) is 2.26. The molecule has 0 fully saturated rings. The van der Waals surface area contributed by atoms with Crippen LogP contribution in [0.2, 0.25) is 0 Å². The summed E-state index contributed by atoms with van der Waals surface area (Å²) in [5.74, 6) is 0. The Labute approximate surface area is 83.8 Å². The van der Waals surface area contributed by atoms with Crippen molar-refractivity contribution in [3.63, 3.8) is 0 Å². The third-order valence-corrected chi connectivity index (χ3v) is 2.26. The molecular weight excluding hydrogens is 178 g/mol. The van der Waals surface area contributed by atoms with Crippen molar-refractivity contribution in [2.45, 2.75) is 33.4 Å². The maximum Gasteiger partial charge on any atom is 0.100 e. The maximum absolute atomic E-state index is 9.88. The first-order valence-corrected chi connectivity index (χ1v) is 4.63. The molecule has 0 spiro atoms. The fourth-order valence-corrected chi connectivity index (χ4v) is 1.17. The Balaban J connectivity index is 2.90. The molecule has 1 aromatic heterocycles. The summed E-state index contributed by atoms with van der Waals surface area (Å²) >= 11 is 0. The summed E-state index contributed by atoms with van der Waals surface area (Å²) < 4.78 is 1.73. The highest BCUT2D eigenvalue weighted by Crippen LogP contribution is 2.31. The van der Waals surface area contributed by atoms with Gasteiger partial charge in [-0.2, -0.15) is 10.4 Å². The Hall–Kier alpha value is -1.34. The Morgan fingerprint density at radius 1 is 1.71 bits per heavy atom. The molecule has 0 aliphatic carbocycles. The molecular formula is C10H15N3O. The number of aromatic nitrogens is 2. The quantitative estimate of drug-likeness (QED) is 0.791. The van der Waals surface area contributed by atoms with E-state index < -0.39 is 11.5 Å². The molecule has 4 heteroatoms. The number of nitriles is 1. The number of aliphatic hydroxyl groups excluding tert-OH is 1. The zero-order valence-electron chi connectivity index (χ0n) is 8.73. The number of hydrogen-bond acceptors (Lipinski definition) is 3. The molecule has 0 aliphatic heterocycles. The summed E-state index contributed by atoms with van der Waals surface area (Å²) in [4.78, 5) is 0. The summed E-state index contributed by atoms with van der Waals surface area (Å²) in [6, 6.07) is 2.08. The van der Waals surface area contributed by atoms with Crippen LogP contribution in [0.25, 0.3) is 0 Å². The Morgan fingerprint density at radius 2 is 2.36 bits per heavy atom. The van der Waals surface area contributed by atoms with Crippen molar-refractivity contribution in [2.75, 3.05) is 0 Å². The van der Waals surface area contributed by atoms with Gasteiger partial charge in [0, 0.05) is 18.3 Å². The minimum absolute atomic E-state index is 0.693. The van der Waals surface area contributed by atoms with Gasteiger partial charge in [-0.3, -0.25) is 4.68 Å². The van der Waals surface area contributed by atoms with Crippen LogP contribution in [0.15, 0.2) is 12.4 Å². The van der Waals surface area contributed by atoms with Gasteiger partial charge < -0.3 is 5.11 Å². The molecule has 4 nitrogen and oxygen atoms in total. The number of hydrogen-bond donors (Lipinski definition) is 1. The molecule has 0 bridgehead atoms. The first kappa shape index (κ1) is 10.7. The van der Waals surface area contributed by atoms with E-state index in [1.807, 2.05) is 6.92 Å². The number of aryl methyl sites for hydroxylation is 1. The maximum atomic E-state index is 9.88. The van der Waals surface area contributed by atoms with Crippen molar-refractivity contribution in [1.29, 1.82) is 5.26 Å². The van der Waals surface area contributed by atoms with Crippen LogP contribution in [0.5, 0.6) is 0 Å². The summed E-state index contributed by atoms with van der Waals surface area (Å²) in [6.07, 6.45) is 2.59. The molecule has 1 unspecified atom stereocenters. The zero-order valence-corrected chi connectivity index (χ0v) is 8.73. The van der Waals surface area contributed by atoms with Crippen molar-refractivity contribution < 1.29 is 5.11 Å². The molecule has 0 aliphatic rings. The second-order valence-electron chi connectivity index (χ2n) is 3.87. The van der Waals surface area contributed by atoms with Crippen LogP contribution < -0.4 is 0 Å². The molecule has 0 saturated carbocycles. The standard InChI is InChI=1S/C10H15N3O/c1-4-13-6-8(5-12-13)9(14)10(2,3)7-11/h5-6,9,14H,4H2,1-3H3. The molecule has 1 heterocycles. The van der Waals surface area contributed by atoms with E-state index in [9.17, 15) is 5.11 Å². The van der Waals surface area contributed by atoms with Gasteiger partial charge in [-0.05, 0) is 20.8 Å². The molecule has 1 aromatic rings. The second-order valence-corrected chi connectivity index (χ2v) is 3.87. The van der Waals surface area contributed by atoms with Crippen molar-refractivity contribution in [2.24, 2.45) is 5.41 Å². The lowest BCUT2D eigenvalue weighted by Gasteiger charge is -2.21. The van der Waals surface area contributed by atoms with Crippen LogP contribution in [0.1, 0.15) is 32.4 Å². The molecule has 76 valence electrons. The van der Waals surface area contributed by atoms with Gasteiger partial charge in [0.05, 0.1) is 17.7 Å². The van der Waals surface area contributed by atoms with Crippen molar-refractivity contribution in [3.05, 3.63) is 18.0 Å². The van der Waals surface area contributed by atoms with E-state index in [0.29, 0.717) is 5.56 Å². The molecule has 1 atom stereocenters. The highest BCUT2D eigenvalue weighted by Gasteiger charge is 2.29. The van der Waals surface area contributed by atoms with Crippen LogP contribution in [0, 0.1) is 16.7 Å². The first-order chi connectivity index (χ1) is 6.51. The van der Waals surface area contributed by atoms with Crippen LogP contribution in [-0.2, 0) is 6.54 Å². The van der Waals surface area contributed by atoms with E-state index in [4.69, 9.17) is 5.26 Å². The van der Waals surface area contributed by atoms with Crippen molar-refractivity contribution in [1.82, 2.24) is 9.78 Å². The van der Waals surface area contributed by atoms with E-state index >= 15 is 0 Å². The topological polar surface area (TPSA) is 61.8 Å². The Bertz CT molecular complexity index is 348. The predicted molar refractivity (Wildman–Crippen MR) is 52.3 cm³/mol. The minimum Gasteiger partial charge on any atom is -0.387 e. The van der Waals surface area contributed by atoms with Gasteiger partial charge in [0.25, 0.3) is 0 Å². The average Bonchev–Trinajstić information content (AvgIpc) is 2.64. The smallest absolute Gasteiger partial charge is 0.100 e. The van der Waals surface area contributed by atoms with Crippen molar-refractivity contribution >= 4 is 0 Å². The van der Waals surface area contributed by atoms with Gasteiger partial charge in [-0.1, -0.05) is 0 Å². The number of aliphatic hydroxyl groups is 1. The van der Waals surface area contributed by atoms with Gasteiger partial charge in [-0.25, -0.2) is 0 Å². The number of nitrogens with zero attached hydrogens (tertiary/aromatic N) is 3. The summed E-state index contributed by atoms with van der Waals surface area (Å²) in [5.41, 5.74) is -0.0832. The molecule has 0 amide bonds. The SMILES string of the molecule is CCn1cc(C(O)C(C)(C)C#N)cn1. The largest absolute Gasteiger partial charge is 0.387 e. The highest BCUT2D eigenvalue weighted by molar-refractivity contribution is 5.15. The molecule has 0 radical (unpaired) electrons. The van der Waals surface area contributed by atoms with E-state index in [1.165, 1.54) is 0 Å². The predicted octanol–water partition coefficient (Wildman–Crippen LogP) is 1.49. The molecule has 1 N–H and O–H groups in total. The van der Waals surface area contributed by atoms with Gasteiger partial charge in [-0.15, -0.1) is 0 Å². The van der Waals surface area contributed by atoms with Crippen LogP contribution in [0.4, 0.5) is 0 Å². The molecule has 1 rings (SSSR count). The fraction of sp³-hybridized carbons (Fsp3) is 0.600. The minimum atomic E-state index is -0.784. The van der Waals surface area contributed by atoms with Gasteiger partial charge in [0.1, 0.15) is 6.10 Å². The molecule has 0 aromatic carbocycles. The van der Waals surface area contributed by atoms with Crippen LogP contribution in [-0.4, -0.2) is 14.9 Å². The summed E-state index contributed by atoms with van der Waals surface area (Å²) in [5, 5.41) is 22.8. The van der Waals surface area contributed by atoms with E-state index in [2.05, 4.69) is 11.2 Å². The first-order valence-electron chi connectivity index (χ1n) is 4.63. The molecule has 0 saturated heterocycles. The third kappa shape index (κ3) is 1.94. The fourth-order valence-electron chi connectivity index (χ4n) is 1.17. The monoisotopic (exact) mass is 193 g/mol. The average molecular weight is 193 g/mol. The summed E-state index contributed by atoms with van der Waals surface area (Å²) in [7, 11) is 0. The number of rotatable bonds is 3. The van der Waals surface area contributed by atoms with E-state index in [0.717, 1.165) is 6.54 Å². The second kappa shape index (κ2) is 3.81. The van der Waals surface area contributed by atoms with Crippen LogP contribution >= 0.6 is 0 Å².